The van der Waals surface area contributed by atoms with E-state index in [1.807, 2.05) is 0 Å². The van der Waals surface area contributed by atoms with E-state index in [9.17, 15) is 4.79 Å². The number of amides is 1. The predicted molar refractivity (Wildman–Crippen MR) is 72.9 cm³/mol. The zero-order chi connectivity index (χ0) is 14.0. The van der Waals surface area contributed by atoms with E-state index in [0.717, 1.165) is 0 Å². The third-order valence-corrected chi connectivity index (χ3v) is 2.96. The van der Waals surface area contributed by atoms with E-state index in [4.69, 9.17) is 21.9 Å². The van der Waals surface area contributed by atoms with Crippen molar-refractivity contribution in [2.45, 2.75) is 13.5 Å². The first-order valence-corrected chi connectivity index (χ1v) is 6.08. The SMILES string of the molecule is Cc1cc(CN(C)C(=O)c2ccc(N)cc2Cl)no1. The number of aromatic nitrogens is 1. The first-order chi connectivity index (χ1) is 8.97. The second-order valence-electron chi connectivity index (χ2n) is 4.33. The molecule has 6 heteroatoms. The highest BCUT2D eigenvalue weighted by atomic mass is 35.5. The van der Waals surface area contributed by atoms with E-state index in [0.29, 0.717) is 34.3 Å². The monoisotopic (exact) mass is 279 g/mol. The smallest absolute Gasteiger partial charge is 0.255 e. The van der Waals surface area contributed by atoms with Crippen LogP contribution >= 0.6 is 11.6 Å². The van der Waals surface area contributed by atoms with Gasteiger partial charge in [0, 0.05) is 18.8 Å². The molecule has 1 aromatic heterocycles. The number of nitrogen functional groups attached to an aromatic ring is 1. The lowest BCUT2D eigenvalue weighted by atomic mass is 10.2. The van der Waals surface area contributed by atoms with Crippen LogP contribution in [0.3, 0.4) is 0 Å². The first kappa shape index (κ1) is 13.4. The van der Waals surface area contributed by atoms with Crippen LogP contribution in [0.25, 0.3) is 0 Å². The Hall–Kier alpha value is -2.01. The van der Waals surface area contributed by atoms with Gasteiger partial charge in [0.1, 0.15) is 11.5 Å². The number of benzene rings is 1. The molecule has 0 bridgehead atoms. The van der Waals surface area contributed by atoms with Crippen LogP contribution in [0.4, 0.5) is 5.69 Å². The predicted octanol–water partition coefficient (Wildman–Crippen LogP) is 2.49. The highest BCUT2D eigenvalue weighted by molar-refractivity contribution is 6.34. The minimum Gasteiger partial charge on any atom is -0.399 e. The summed E-state index contributed by atoms with van der Waals surface area (Å²) in [5.74, 6) is 0.520. The van der Waals surface area contributed by atoms with Crippen LogP contribution in [0.5, 0.6) is 0 Å². The Labute approximate surface area is 115 Å². The van der Waals surface area contributed by atoms with Crippen molar-refractivity contribution in [3.05, 3.63) is 46.3 Å². The second-order valence-corrected chi connectivity index (χ2v) is 4.74. The van der Waals surface area contributed by atoms with Crippen LogP contribution in [0.15, 0.2) is 28.8 Å². The lowest BCUT2D eigenvalue weighted by Gasteiger charge is -2.16. The molecule has 0 aliphatic rings. The fourth-order valence-electron chi connectivity index (χ4n) is 1.72. The van der Waals surface area contributed by atoms with Gasteiger partial charge in [-0.3, -0.25) is 4.79 Å². The van der Waals surface area contributed by atoms with Crippen LogP contribution in [0, 0.1) is 6.92 Å². The molecule has 0 saturated heterocycles. The number of hydrogen-bond donors (Lipinski definition) is 1. The summed E-state index contributed by atoms with van der Waals surface area (Å²) in [7, 11) is 1.68. The van der Waals surface area contributed by atoms with Crippen molar-refractivity contribution < 1.29 is 9.32 Å². The maximum atomic E-state index is 12.2. The lowest BCUT2D eigenvalue weighted by Crippen LogP contribution is -2.26. The number of halogens is 1. The van der Waals surface area contributed by atoms with E-state index in [1.54, 1.807) is 38.2 Å². The molecule has 0 spiro atoms. The van der Waals surface area contributed by atoms with Gasteiger partial charge in [-0.15, -0.1) is 0 Å². The maximum Gasteiger partial charge on any atom is 0.255 e. The van der Waals surface area contributed by atoms with Gasteiger partial charge in [0.2, 0.25) is 0 Å². The highest BCUT2D eigenvalue weighted by Crippen LogP contribution is 2.21. The second kappa shape index (κ2) is 5.32. The molecule has 19 heavy (non-hydrogen) atoms. The summed E-state index contributed by atoms with van der Waals surface area (Å²) < 4.78 is 4.96. The molecule has 5 nitrogen and oxygen atoms in total. The molecule has 1 heterocycles. The Morgan fingerprint density at radius 3 is 2.79 bits per heavy atom. The fourth-order valence-corrected chi connectivity index (χ4v) is 1.99. The maximum absolute atomic E-state index is 12.2. The zero-order valence-corrected chi connectivity index (χ0v) is 11.4. The number of carbonyl (C=O) groups excluding carboxylic acids is 1. The van der Waals surface area contributed by atoms with Gasteiger partial charge >= 0.3 is 0 Å². The number of anilines is 1. The summed E-state index contributed by atoms with van der Waals surface area (Å²) in [5.41, 5.74) is 7.23. The number of aryl methyl sites for hydroxylation is 1. The normalized spacial score (nSPS) is 10.5. The summed E-state index contributed by atoms with van der Waals surface area (Å²) in [5, 5.41) is 4.19. The summed E-state index contributed by atoms with van der Waals surface area (Å²) in [6.45, 7) is 2.16. The first-order valence-electron chi connectivity index (χ1n) is 5.70. The van der Waals surface area contributed by atoms with E-state index in [1.165, 1.54) is 4.90 Å². The van der Waals surface area contributed by atoms with Crippen LogP contribution in [-0.4, -0.2) is 23.0 Å². The molecular formula is C13H14ClN3O2. The van der Waals surface area contributed by atoms with Gasteiger partial charge in [0.15, 0.2) is 0 Å². The van der Waals surface area contributed by atoms with E-state index in [2.05, 4.69) is 5.16 Å². The zero-order valence-electron chi connectivity index (χ0n) is 10.7. The summed E-state index contributed by atoms with van der Waals surface area (Å²) in [4.78, 5) is 13.8. The molecule has 0 radical (unpaired) electrons. The van der Waals surface area contributed by atoms with E-state index in [-0.39, 0.29) is 5.91 Å². The van der Waals surface area contributed by atoms with Crippen molar-refractivity contribution in [3.8, 4) is 0 Å². The Morgan fingerprint density at radius 1 is 1.47 bits per heavy atom. The van der Waals surface area contributed by atoms with Crippen LogP contribution in [-0.2, 0) is 6.54 Å². The molecule has 0 aliphatic heterocycles. The molecule has 2 rings (SSSR count). The van der Waals surface area contributed by atoms with E-state index < -0.39 is 0 Å². The number of carbonyl (C=O) groups is 1. The van der Waals surface area contributed by atoms with Crippen molar-refractivity contribution in [1.29, 1.82) is 0 Å². The summed E-state index contributed by atoms with van der Waals surface area (Å²) >= 11 is 6.01. The molecule has 100 valence electrons. The van der Waals surface area contributed by atoms with Gasteiger partial charge in [-0.25, -0.2) is 0 Å². The molecule has 2 aromatic rings. The largest absolute Gasteiger partial charge is 0.399 e. The molecule has 1 aromatic carbocycles. The Morgan fingerprint density at radius 2 is 2.21 bits per heavy atom. The third kappa shape index (κ3) is 3.06. The Balaban J connectivity index is 2.14. The van der Waals surface area contributed by atoms with Gasteiger partial charge in [0.05, 0.1) is 17.1 Å². The molecule has 0 unspecified atom stereocenters. The Kier molecular flexibility index (Phi) is 3.76. The topological polar surface area (TPSA) is 72.4 Å². The number of nitrogens with zero attached hydrogens (tertiary/aromatic N) is 2. The minimum atomic E-state index is -0.189. The number of hydrogen-bond acceptors (Lipinski definition) is 4. The van der Waals surface area contributed by atoms with Gasteiger partial charge in [-0.2, -0.15) is 0 Å². The van der Waals surface area contributed by atoms with Crippen molar-refractivity contribution in [3.63, 3.8) is 0 Å². The highest BCUT2D eigenvalue weighted by Gasteiger charge is 2.16. The van der Waals surface area contributed by atoms with Crippen molar-refractivity contribution >= 4 is 23.2 Å². The number of nitrogens with two attached hydrogens (primary N) is 1. The number of rotatable bonds is 3. The van der Waals surface area contributed by atoms with Gasteiger partial charge in [0.25, 0.3) is 5.91 Å². The quantitative estimate of drug-likeness (QED) is 0.876. The van der Waals surface area contributed by atoms with Crippen molar-refractivity contribution in [2.24, 2.45) is 0 Å². The van der Waals surface area contributed by atoms with Crippen LogP contribution < -0.4 is 5.73 Å². The van der Waals surface area contributed by atoms with Gasteiger partial charge < -0.3 is 15.2 Å². The molecule has 2 N–H and O–H groups in total. The standard InChI is InChI=1S/C13H14ClN3O2/c1-8-5-10(16-19-8)7-17(2)13(18)11-4-3-9(15)6-12(11)14/h3-6H,7,15H2,1-2H3. The van der Waals surface area contributed by atoms with Gasteiger partial charge in [-0.05, 0) is 25.1 Å². The average molecular weight is 280 g/mol. The average Bonchev–Trinajstić information content (AvgIpc) is 2.74. The van der Waals surface area contributed by atoms with Gasteiger partial charge in [-0.1, -0.05) is 16.8 Å². The molecular weight excluding hydrogens is 266 g/mol. The fraction of sp³-hybridized carbons (Fsp3) is 0.231. The molecule has 0 saturated carbocycles. The molecule has 0 aliphatic carbocycles. The van der Waals surface area contributed by atoms with Crippen molar-refractivity contribution in [1.82, 2.24) is 10.1 Å². The Bertz CT molecular complexity index is 610. The molecule has 0 atom stereocenters. The van der Waals surface area contributed by atoms with Crippen LogP contribution in [0.1, 0.15) is 21.8 Å². The minimum absolute atomic E-state index is 0.189. The van der Waals surface area contributed by atoms with Crippen LogP contribution in [0.2, 0.25) is 5.02 Å². The summed E-state index contributed by atoms with van der Waals surface area (Å²) in [6.07, 6.45) is 0. The lowest BCUT2D eigenvalue weighted by molar-refractivity contribution is 0.0782. The van der Waals surface area contributed by atoms with E-state index >= 15 is 0 Å². The third-order valence-electron chi connectivity index (χ3n) is 2.65. The molecule has 1 amide bonds. The molecule has 0 fully saturated rings. The van der Waals surface area contributed by atoms with Crippen molar-refractivity contribution in [2.75, 3.05) is 12.8 Å². The summed E-state index contributed by atoms with van der Waals surface area (Å²) in [6, 6.07) is 6.61.